The number of aliphatic carboxylic acids is 2. The van der Waals surface area contributed by atoms with E-state index in [4.69, 9.17) is 9.47 Å². The third-order valence-electron chi connectivity index (χ3n) is 4.78. The van der Waals surface area contributed by atoms with E-state index >= 15 is 0 Å². The number of rotatable bonds is 9. The Labute approximate surface area is 185 Å². The van der Waals surface area contributed by atoms with E-state index in [0.717, 1.165) is 6.07 Å². The molecule has 3 rings (SSSR count). The number of hydrogen-bond acceptors (Lipinski definition) is 7. The van der Waals surface area contributed by atoms with Gasteiger partial charge >= 0.3 is 24.1 Å². The molecule has 1 aliphatic rings. The van der Waals surface area contributed by atoms with E-state index in [2.05, 4.69) is 10.1 Å². The second kappa shape index (κ2) is 9.16. The number of para-hydroxylation sites is 1. The van der Waals surface area contributed by atoms with Gasteiger partial charge in [-0.1, -0.05) is 24.3 Å². The number of carbonyl (C=O) groups is 2. The van der Waals surface area contributed by atoms with Crippen molar-refractivity contribution in [2.45, 2.75) is 37.6 Å². The molecular weight excluding hydrogens is 451 g/mol. The Balaban J connectivity index is 1.62. The molecule has 0 amide bonds. The molecule has 1 heterocycles. The van der Waals surface area contributed by atoms with Gasteiger partial charge in [-0.3, -0.25) is 0 Å². The van der Waals surface area contributed by atoms with Crippen molar-refractivity contribution >= 4 is 11.9 Å². The van der Waals surface area contributed by atoms with Crippen molar-refractivity contribution in [2.75, 3.05) is 6.54 Å². The van der Waals surface area contributed by atoms with Crippen molar-refractivity contribution in [3.8, 4) is 17.2 Å². The summed E-state index contributed by atoms with van der Waals surface area (Å²) in [5, 5.41) is 31.7. The smallest absolute Gasteiger partial charge is 0.475 e. The zero-order valence-corrected chi connectivity index (χ0v) is 17.1. The second-order valence-corrected chi connectivity index (χ2v) is 7.33. The Morgan fingerprint density at radius 2 is 1.73 bits per heavy atom. The number of alkyl halides is 3. The highest BCUT2D eigenvalue weighted by Gasteiger charge is 2.57. The third kappa shape index (κ3) is 5.46. The molecule has 0 radical (unpaired) electrons. The van der Waals surface area contributed by atoms with E-state index in [-0.39, 0.29) is 29.6 Å². The maximum Gasteiger partial charge on any atom is 0.573 e. The lowest BCUT2D eigenvalue weighted by molar-refractivity contribution is -0.275. The topological polar surface area (TPSA) is 135 Å². The van der Waals surface area contributed by atoms with Gasteiger partial charge in [-0.05, 0) is 37.1 Å². The average molecular weight is 471 g/mol. The van der Waals surface area contributed by atoms with Crippen molar-refractivity contribution in [1.82, 2.24) is 5.32 Å². The van der Waals surface area contributed by atoms with E-state index in [9.17, 15) is 38.1 Å². The lowest BCUT2D eigenvalue weighted by Gasteiger charge is -2.20. The Morgan fingerprint density at radius 3 is 2.36 bits per heavy atom. The number of ether oxygens (including phenoxy) is 3. The molecule has 0 aliphatic carbocycles. The molecule has 0 spiro atoms. The summed E-state index contributed by atoms with van der Waals surface area (Å²) in [7, 11) is 0. The molecule has 2 unspecified atom stereocenters. The van der Waals surface area contributed by atoms with Crippen LogP contribution in [0.5, 0.6) is 17.2 Å². The van der Waals surface area contributed by atoms with Crippen LogP contribution in [0.25, 0.3) is 0 Å². The maximum absolute atomic E-state index is 12.6. The van der Waals surface area contributed by atoms with E-state index in [1.54, 1.807) is 13.0 Å². The van der Waals surface area contributed by atoms with Gasteiger partial charge in [-0.25, -0.2) is 9.59 Å². The SMILES string of the molecule is CC(Cc1ccc2c(c1)OC(C(=O)O)(C(=O)O)O2)NCC(O)c1ccccc1OC(F)(F)F. The van der Waals surface area contributed by atoms with Crippen LogP contribution in [0, 0.1) is 0 Å². The fourth-order valence-corrected chi connectivity index (χ4v) is 3.26. The standard InChI is InChI=1S/C21H20F3NO8/c1-11(25-10-14(26)13-4-2-3-5-15(13)33-21(22,23)24)8-12-6-7-16-17(9-12)32-20(31-16,18(27)28)19(29)30/h2-7,9,11,14,25-26H,8,10H2,1H3,(H,27,28)(H,29,30). The van der Waals surface area contributed by atoms with Gasteiger partial charge in [0.1, 0.15) is 5.75 Å². The zero-order chi connectivity index (χ0) is 24.4. The van der Waals surface area contributed by atoms with Crippen molar-refractivity contribution in [3.63, 3.8) is 0 Å². The number of aliphatic hydroxyl groups is 1. The predicted octanol–water partition coefficient (Wildman–Crippen LogP) is 2.48. The summed E-state index contributed by atoms with van der Waals surface area (Å²) in [6.07, 6.45) is -5.83. The van der Waals surface area contributed by atoms with Crippen LogP contribution < -0.4 is 19.5 Å². The predicted molar refractivity (Wildman–Crippen MR) is 105 cm³/mol. The largest absolute Gasteiger partial charge is 0.573 e. The first-order chi connectivity index (χ1) is 15.4. The van der Waals surface area contributed by atoms with Gasteiger partial charge in [0.15, 0.2) is 11.5 Å². The number of benzene rings is 2. The summed E-state index contributed by atoms with van der Waals surface area (Å²) in [6, 6.07) is 9.39. The molecule has 0 bridgehead atoms. The summed E-state index contributed by atoms with van der Waals surface area (Å²) in [5.41, 5.74) is 0.607. The Bertz CT molecular complexity index is 1030. The monoisotopic (exact) mass is 471 g/mol. The van der Waals surface area contributed by atoms with Gasteiger partial charge in [0.25, 0.3) is 0 Å². The van der Waals surface area contributed by atoms with E-state index in [1.165, 1.54) is 30.3 Å². The molecule has 0 saturated heterocycles. The van der Waals surface area contributed by atoms with Crippen LogP contribution in [0.2, 0.25) is 0 Å². The average Bonchev–Trinajstić information content (AvgIpc) is 3.12. The lowest BCUT2D eigenvalue weighted by Crippen LogP contribution is -2.54. The minimum Gasteiger partial charge on any atom is -0.475 e. The van der Waals surface area contributed by atoms with Crippen LogP contribution in [0.4, 0.5) is 13.2 Å². The number of fused-ring (bicyclic) bond motifs is 1. The first-order valence-electron chi connectivity index (χ1n) is 9.65. The molecule has 2 aromatic rings. The molecular formula is C21H20F3NO8. The summed E-state index contributed by atoms with van der Waals surface area (Å²) in [5.74, 6) is -7.08. The highest BCUT2D eigenvalue weighted by molar-refractivity contribution is 6.01. The fourth-order valence-electron chi connectivity index (χ4n) is 3.26. The molecule has 0 fully saturated rings. The van der Waals surface area contributed by atoms with E-state index in [0.29, 0.717) is 12.0 Å². The summed E-state index contributed by atoms with van der Waals surface area (Å²) >= 11 is 0. The first kappa shape index (κ1) is 24.1. The first-order valence-corrected chi connectivity index (χ1v) is 9.65. The van der Waals surface area contributed by atoms with Gasteiger partial charge in [-0.2, -0.15) is 0 Å². The van der Waals surface area contributed by atoms with Crippen molar-refractivity contribution in [2.24, 2.45) is 0 Å². The summed E-state index contributed by atoms with van der Waals surface area (Å²) in [4.78, 5) is 22.7. The normalized spacial score (nSPS) is 16.2. The van der Waals surface area contributed by atoms with Crippen molar-refractivity contribution < 1.29 is 52.3 Å². The number of carboxylic acid groups (broad SMARTS) is 2. The molecule has 0 saturated carbocycles. The molecule has 9 nitrogen and oxygen atoms in total. The van der Waals surface area contributed by atoms with Gasteiger partial charge in [0, 0.05) is 18.2 Å². The molecule has 1 aliphatic heterocycles. The molecule has 2 aromatic carbocycles. The van der Waals surface area contributed by atoms with Crippen molar-refractivity contribution in [1.29, 1.82) is 0 Å². The highest BCUT2D eigenvalue weighted by Crippen LogP contribution is 2.40. The van der Waals surface area contributed by atoms with E-state index in [1.807, 2.05) is 0 Å². The lowest BCUT2D eigenvalue weighted by atomic mass is 10.0. The molecule has 12 heteroatoms. The fraction of sp³-hybridized carbons (Fsp3) is 0.333. The number of halogens is 3. The molecule has 33 heavy (non-hydrogen) atoms. The van der Waals surface area contributed by atoms with Crippen LogP contribution in [-0.4, -0.2) is 52.0 Å². The number of hydrogen-bond donors (Lipinski definition) is 4. The minimum absolute atomic E-state index is 0.0312. The van der Waals surface area contributed by atoms with Crippen LogP contribution in [0.3, 0.4) is 0 Å². The summed E-state index contributed by atoms with van der Waals surface area (Å²) in [6.45, 7) is 1.68. The van der Waals surface area contributed by atoms with Gasteiger partial charge in [0.05, 0.1) is 6.10 Å². The quantitative estimate of drug-likeness (QED) is 0.407. The van der Waals surface area contributed by atoms with Gasteiger partial charge < -0.3 is 34.8 Å². The van der Waals surface area contributed by atoms with Crippen LogP contribution in [-0.2, 0) is 16.0 Å². The number of carboxylic acids is 2. The highest BCUT2D eigenvalue weighted by atomic mass is 19.4. The second-order valence-electron chi connectivity index (χ2n) is 7.33. The minimum atomic E-state index is -4.89. The van der Waals surface area contributed by atoms with E-state index < -0.39 is 35.9 Å². The van der Waals surface area contributed by atoms with Crippen LogP contribution in [0.15, 0.2) is 42.5 Å². The molecule has 4 N–H and O–H groups in total. The van der Waals surface area contributed by atoms with Crippen LogP contribution in [0.1, 0.15) is 24.2 Å². The zero-order valence-electron chi connectivity index (χ0n) is 17.1. The van der Waals surface area contributed by atoms with Crippen LogP contribution >= 0.6 is 0 Å². The number of nitrogens with one attached hydrogen (secondary N) is 1. The molecule has 0 aromatic heterocycles. The Morgan fingerprint density at radius 1 is 1.09 bits per heavy atom. The Hall–Kier alpha value is -3.51. The van der Waals surface area contributed by atoms with Gasteiger partial charge in [0.2, 0.25) is 0 Å². The van der Waals surface area contributed by atoms with Gasteiger partial charge in [-0.15, -0.1) is 13.2 Å². The molecule has 2 atom stereocenters. The maximum atomic E-state index is 12.6. The van der Waals surface area contributed by atoms with Crippen molar-refractivity contribution in [3.05, 3.63) is 53.6 Å². The summed E-state index contributed by atoms with van der Waals surface area (Å²) < 4.78 is 51.7. The Kier molecular flexibility index (Phi) is 6.70. The third-order valence-corrected chi connectivity index (χ3v) is 4.78. The number of aliphatic hydroxyl groups excluding tert-OH is 1. The molecule has 178 valence electrons.